The number of hydrogen-bond acceptors (Lipinski definition) is 3. The van der Waals surface area contributed by atoms with Crippen LogP contribution in [0.4, 0.5) is 5.69 Å². The summed E-state index contributed by atoms with van der Waals surface area (Å²) in [6.45, 7) is 8.77. The molecule has 1 aromatic carbocycles. The molecule has 1 aromatic rings. The van der Waals surface area contributed by atoms with E-state index >= 15 is 0 Å². The predicted octanol–water partition coefficient (Wildman–Crippen LogP) is 3.96. The maximum atomic E-state index is 12.2. The highest BCUT2D eigenvalue weighted by atomic mass is 79.9. The number of carbonyl (C=O) groups excluding carboxylic acids is 2. The molecule has 0 saturated carbocycles. The molecule has 0 saturated heterocycles. The molecular formula is C20H32BrN3O2. The summed E-state index contributed by atoms with van der Waals surface area (Å²) in [4.78, 5) is 26.0. The van der Waals surface area contributed by atoms with E-state index in [0.29, 0.717) is 5.92 Å². The topological polar surface area (TPSA) is 61.4 Å². The largest absolute Gasteiger partial charge is 0.353 e. The summed E-state index contributed by atoms with van der Waals surface area (Å²) in [7, 11) is 1.77. The third kappa shape index (κ3) is 9.34. The zero-order valence-electron chi connectivity index (χ0n) is 16.6. The van der Waals surface area contributed by atoms with Gasteiger partial charge in [-0.25, -0.2) is 0 Å². The van der Waals surface area contributed by atoms with E-state index < -0.39 is 0 Å². The Balaban J connectivity index is 2.34. The first-order valence-electron chi connectivity index (χ1n) is 9.21. The average Bonchev–Trinajstić information content (AvgIpc) is 2.49. The molecular weight excluding hydrogens is 394 g/mol. The molecule has 0 radical (unpaired) electrons. The second-order valence-corrected chi connectivity index (χ2v) is 8.39. The first kappa shape index (κ1) is 22.6. The van der Waals surface area contributed by atoms with Crippen LogP contribution >= 0.6 is 15.9 Å². The van der Waals surface area contributed by atoms with E-state index in [4.69, 9.17) is 0 Å². The van der Waals surface area contributed by atoms with E-state index in [0.717, 1.165) is 28.6 Å². The van der Waals surface area contributed by atoms with E-state index in [2.05, 4.69) is 40.4 Å². The van der Waals surface area contributed by atoms with Gasteiger partial charge in [-0.1, -0.05) is 42.6 Å². The number of nitrogens with one attached hydrogen (secondary N) is 2. The van der Waals surface area contributed by atoms with Crippen LogP contribution < -0.4 is 10.6 Å². The number of likely N-dealkylation sites (N-methyl/N-ethyl adjacent to an activating group) is 1. The van der Waals surface area contributed by atoms with E-state index in [1.54, 1.807) is 11.9 Å². The van der Waals surface area contributed by atoms with E-state index in [9.17, 15) is 9.59 Å². The average molecular weight is 426 g/mol. The van der Waals surface area contributed by atoms with Crippen LogP contribution in [-0.2, 0) is 9.59 Å². The van der Waals surface area contributed by atoms with Crippen LogP contribution in [0.5, 0.6) is 0 Å². The molecule has 0 aliphatic carbocycles. The van der Waals surface area contributed by atoms with Crippen LogP contribution in [0.3, 0.4) is 0 Å². The minimum atomic E-state index is -0.129. The molecule has 1 rings (SSSR count). The number of carbonyl (C=O) groups is 2. The normalized spacial score (nSPS) is 12.3. The van der Waals surface area contributed by atoms with Gasteiger partial charge in [0.1, 0.15) is 0 Å². The summed E-state index contributed by atoms with van der Waals surface area (Å²) in [5.41, 5.74) is 1.78. The van der Waals surface area contributed by atoms with Gasteiger partial charge in [-0.15, -0.1) is 0 Å². The van der Waals surface area contributed by atoms with Crippen molar-refractivity contribution in [2.24, 2.45) is 5.92 Å². The van der Waals surface area contributed by atoms with Gasteiger partial charge in [0.25, 0.3) is 0 Å². The lowest BCUT2D eigenvalue weighted by Crippen LogP contribution is -2.42. The third-order valence-electron chi connectivity index (χ3n) is 4.12. The van der Waals surface area contributed by atoms with Crippen LogP contribution in [0.1, 0.15) is 45.6 Å². The van der Waals surface area contributed by atoms with Crippen molar-refractivity contribution in [2.75, 3.05) is 25.5 Å². The van der Waals surface area contributed by atoms with Crippen molar-refractivity contribution in [3.05, 3.63) is 28.2 Å². The second-order valence-electron chi connectivity index (χ2n) is 7.47. The Morgan fingerprint density at radius 2 is 1.77 bits per heavy atom. The fourth-order valence-electron chi connectivity index (χ4n) is 2.73. The second kappa shape index (κ2) is 11.3. The Labute approximate surface area is 166 Å². The van der Waals surface area contributed by atoms with Gasteiger partial charge < -0.3 is 10.6 Å². The summed E-state index contributed by atoms with van der Waals surface area (Å²) >= 11 is 3.41. The molecule has 0 bridgehead atoms. The molecule has 2 amide bonds. The van der Waals surface area contributed by atoms with Crippen molar-refractivity contribution in [2.45, 2.75) is 53.0 Å². The van der Waals surface area contributed by atoms with Crippen molar-refractivity contribution in [1.82, 2.24) is 10.2 Å². The summed E-state index contributed by atoms with van der Waals surface area (Å²) in [5.74, 6) is 0.518. The van der Waals surface area contributed by atoms with Crippen LogP contribution in [-0.4, -0.2) is 42.9 Å². The number of benzene rings is 1. The summed E-state index contributed by atoms with van der Waals surface area (Å²) in [6.07, 6.45) is 3.27. The van der Waals surface area contributed by atoms with Crippen LogP contribution in [0, 0.1) is 12.8 Å². The Bertz CT molecular complexity index is 605. The van der Waals surface area contributed by atoms with Crippen LogP contribution in [0.15, 0.2) is 22.7 Å². The number of hydrogen-bond donors (Lipinski definition) is 2. The lowest BCUT2D eigenvalue weighted by Gasteiger charge is -2.19. The van der Waals surface area contributed by atoms with Gasteiger partial charge in [0.15, 0.2) is 0 Å². The van der Waals surface area contributed by atoms with Gasteiger partial charge in [-0.05, 0) is 57.0 Å². The van der Waals surface area contributed by atoms with Crippen molar-refractivity contribution < 1.29 is 9.59 Å². The molecule has 5 nitrogen and oxygen atoms in total. The lowest BCUT2D eigenvalue weighted by molar-refractivity contribution is -0.123. The smallest absolute Gasteiger partial charge is 0.238 e. The summed E-state index contributed by atoms with van der Waals surface area (Å²) in [5, 5.41) is 5.89. The van der Waals surface area contributed by atoms with Crippen molar-refractivity contribution in [1.29, 1.82) is 0 Å². The molecule has 6 heteroatoms. The third-order valence-corrected chi connectivity index (χ3v) is 4.61. The van der Waals surface area contributed by atoms with Gasteiger partial charge in [-0.2, -0.15) is 0 Å². The Kier molecular flexibility index (Phi) is 9.88. The molecule has 0 unspecified atom stereocenters. The molecule has 0 aliphatic heterocycles. The summed E-state index contributed by atoms with van der Waals surface area (Å²) in [6, 6.07) is 5.87. The molecule has 0 aliphatic rings. The maximum Gasteiger partial charge on any atom is 0.238 e. The van der Waals surface area contributed by atoms with E-state index in [1.807, 2.05) is 32.0 Å². The fraction of sp³-hybridized carbons (Fsp3) is 0.600. The highest BCUT2D eigenvalue weighted by Gasteiger charge is 2.13. The van der Waals surface area contributed by atoms with E-state index in [1.165, 1.54) is 6.42 Å². The Morgan fingerprint density at radius 1 is 1.12 bits per heavy atom. The molecule has 0 heterocycles. The zero-order valence-corrected chi connectivity index (χ0v) is 18.1. The maximum absolute atomic E-state index is 12.2. The highest BCUT2D eigenvalue weighted by Crippen LogP contribution is 2.19. The molecule has 0 fully saturated rings. The number of nitrogens with zero attached hydrogens (tertiary/aromatic N) is 1. The number of halogens is 1. The molecule has 0 spiro atoms. The lowest BCUT2D eigenvalue weighted by atomic mass is 10.0. The standard InChI is InChI=1S/C20H32BrN3O2/c1-14(2)7-6-8-16(4)22-19(25)12-24(5)13-20(26)23-18-10-9-17(21)11-15(18)3/h9-11,14,16H,6-8,12-13H2,1-5H3,(H,22,25)(H,23,26)/t16-/m1/s1. The zero-order chi connectivity index (χ0) is 19.7. The van der Waals surface area contributed by atoms with Crippen molar-refractivity contribution in [3.8, 4) is 0 Å². The minimum absolute atomic E-state index is 0.0443. The minimum Gasteiger partial charge on any atom is -0.353 e. The van der Waals surface area contributed by atoms with Crippen LogP contribution in [0.2, 0.25) is 0 Å². The summed E-state index contributed by atoms with van der Waals surface area (Å²) < 4.78 is 0.976. The molecule has 1 atom stereocenters. The fourth-order valence-corrected chi connectivity index (χ4v) is 3.20. The van der Waals surface area contributed by atoms with Crippen molar-refractivity contribution >= 4 is 33.4 Å². The Morgan fingerprint density at radius 3 is 2.38 bits per heavy atom. The van der Waals surface area contributed by atoms with Gasteiger partial charge >= 0.3 is 0 Å². The van der Waals surface area contributed by atoms with Gasteiger partial charge in [0.2, 0.25) is 11.8 Å². The van der Waals surface area contributed by atoms with Gasteiger partial charge in [-0.3, -0.25) is 14.5 Å². The quantitative estimate of drug-likeness (QED) is 0.596. The number of aryl methyl sites for hydroxylation is 1. The first-order valence-corrected chi connectivity index (χ1v) is 10.0. The monoisotopic (exact) mass is 425 g/mol. The van der Waals surface area contributed by atoms with Gasteiger partial charge in [0.05, 0.1) is 13.1 Å². The van der Waals surface area contributed by atoms with Gasteiger partial charge in [0, 0.05) is 16.2 Å². The first-order chi connectivity index (χ1) is 12.2. The molecule has 26 heavy (non-hydrogen) atoms. The molecule has 2 N–H and O–H groups in total. The number of anilines is 1. The molecule has 146 valence electrons. The van der Waals surface area contributed by atoms with Crippen molar-refractivity contribution in [3.63, 3.8) is 0 Å². The molecule has 0 aromatic heterocycles. The Hall–Kier alpha value is -1.40. The highest BCUT2D eigenvalue weighted by molar-refractivity contribution is 9.10. The van der Waals surface area contributed by atoms with E-state index in [-0.39, 0.29) is 30.9 Å². The van der Waals surface area contributed by atoms with Crippen LogP contribution in [0.25, 0.3) is 0 Å². The SMILES string of the molecule is Cc1cc(Br)ccc1NC(=O)CN(C)CC(=O)N[C@H](C)CCCC(C)C. The predicted molar refractivity (Wildman–Crippen MR) is 111 cm³/mol. The number of rotatable bonds is 10. The number of amides is 2.